The highest BCUT2D eigenvalue weighted by molar-refractivity contribution is 7.13. The lowest BCUT2D eigenvalue weighted by Gasteiger charge is -2.29. The zero-order valence-electron chi connectivity index (χ0n) is 38.7. The number of nitrogens with one attached hydrogen (secondary N) is 1. The minimum atomic E-state index is -0.798. The van der Waals surface area contributed by atoms with Crippen LogP contribution >= 0.6 is 22.9 Å². The smallest absolute Gasteiger partial charge is 0.251 e. The summed E-state index contributed by atoms with van der Waals surface area (Å²) in [6, 6.07) is 24.2. The van der Waals surface area contributed by atoms with Gasteiger partial charge in [0, 0.05) is 42.8 Å². The molecule has 1 saturated heterocycles. The molecule has 1 aliphatic rings. The molecule has 1 aliphatic heterocycles. The number of aliphatic hydroxyl groups is 1. The number of rotatable bonds is 21. The Balaban J connectivity index is 0.830. The third-order valence-corrected chi connectivity index (χ3v) is 13.7. The van der Waals surface area contributed by atoms with E-state index in [9.17, 15) is 19.5 Å². The van der Waals surface area contributed by atoms with Gasteiger partial charge in [-0.1, -0.05) is 92.8 Å². The van der Waals surface area contributed by atoms with Crippen molar-refractivity contribution in [3.8, 4) is 33.5 Å². The fraction of sp³-hybridized carbons (Fsp3) is 0.404. The molecule has 0 spiro atoms. The number of aryl methyl sites for hydroxylation is 2. The minimum Gasteiger partial charge on any atom is -0.488 e. The van der Waals surface area contributed by atoms with Crippen molar-refractivity contribution in [3.05, 3.63) is 129 Å². The number of likely N-dealkylation sites (tertiary alicyclic amines) is 1. The lowest BCUT2D eigenvalue weighted by Crippen LogP contribution is -2.44. The van der Waals surface area contributed by atoms with Crippen molar-refractivity contribution in [2.45, 2.75) is 116 Å². The summed E-state index contributed by atoms with van der Waals surface area (Å²) < 4.78 is 13.6. The minimum absolute atomic E-state index is 0.0727. The van der Waals surface area contributed by atoms with Crippen molar-refractivity contribution in [1.29, 1.82) is 5.26 Å². The molecule has 5 atom stereocenters. The number of nitrogens with zero attached hydrogens (tertiary/aromatic N) is 6. The molecule has 6 aromatic rings. The van der Waals surface area contributed by atoms with Crippen LogP contribution in [0.3, 0.4) is 0 Å². The van der Waals surface area contributed by atoms with Gasteiger partial charge in [-0.3, -0.25) is 19.1 Å². The van der Waals surface area contributed by atoms with Gasteiger partial charge in [0.2, 0.25) is 5.91 Å². The highest BCUT2D eigenvalue weighted by Crippen LogP contribution is 2.37. The average Bonchev–Trinajstić information content (AvgIpc) is 4.15. The van der Waals surface area contributed by atoms with Crippen molar-refractivity contribution in [2.24, 2.45) is 5.92 Å². The van der Waals surface area contributed by atoms with Crippen LogP contribution in [0.4, 0.5) is 0 Å². The number of aliphatic hydroxyl groups excluding tert-OH is 1. The summed E-state index contributed by atoms with van der Waals surface area (Å²) in [5.41, 5.74) is 8.65. The second kappa shape index (κ2) is 22.6. The van der Waals surface area contributed by atoms with E-state index in [-0.39, 0.29) is 54.9 Å². The van der Waals surface area contributed by atoms with E-state index >= 15 is 0 Å². The summed E-state index contributed by atoms with van der Waals surface area (Å²) in [6.07, 6.45) is 7.58. The maximum atomic E-state index is 14.3. The Labute approximate surface area is 401 Å². The predicted octanol–water partition coefficient (Wildman–Crippen LogP) is 9.96. The van der Waals surface area contributed by atoms with Gasteiger partial charge in [0.05, 0.1) is 57.7 Å². The Bertz CT molecular complexity index is 2670. The Morgan fingerprint density at radius 2 is 1.75 bits per heavy atom. The monoisotopic (exact) mass is 943 g/mol. The molecule has 13 nitrogen and oxygen atoms in total. The van der Waals surface area contributed by atoms with E-state index in [1.54, 1.807) is 28.2 Å². The number of hydrogen-bond donors (Lipinski definition) is 2. The zero-order chi connectivity index (χ0) is 47.6. The molecule has 3 aromatic carbocycles. The lowest BCUT2D eigenvalue weighted by atomic mass is 9.89. The van der Waals surface area contributed by atoms with E-state index in [1.807, 2.05) is 94.9 Å². The summed E-state index contributed by atoms with van der Waals surface area (Å²) in [6.45, 7) is 10.8. The molecule has 4 heterocycles. The molecule has 0 saturated carbocycles. The van der Waals surface area contributed by atoms with E-state index in [4.69, 9.17) is 26.1 Å². The number of carbonyl (C=O) groups is 3. The number of β-amino-alcohol motifs (C(OH)–C–C–N with tert-alkyl or cyclic N) is 1. The molecular weight excluding hydrogens is 886 g/mol. The third-order valence-electron chi connectivity index (χ3n) is 12.4. The Morgan fingerprint density at radius 1 is 1.00 bits per heavy atom. The van der Waals surface area contributed by atoms with Crippen LogP contribution in [0.2, 0.25) is 5.02 Å². The first kappa shape index (κ1) is 48.8. The van der Waals surface area contributed by atoms with Crippen LogP contribution in [0.5, 0.6) is 5.75 Å². The van der Waals surface area contributed by atoms with Gasteiger partial charge in [0.25, 0.3) is 5.91 Å². The number of unbranched alkanes of at least 4 members (excludes halogenated alkanes) is 3. The van der Waals surface area contributed by atoms with Gasteiger partial charge in [0.1, 0.15) is 18.2 Å². The van der Waals surface area contributed by atoms with Crippen LogP contribution in [0.15, 0.2) is 95.2 Å². The number of halogens is 1. The van der Waals surface area contributed by atoms with Crippen molar-refractivity contribution >= 4 is 40.5 Å². The first-order valence-electron chi connectivity index (χ1n) is 23.0. The summed E-state index contributed by atoms with van der Waals surface area (Å²) in [4.78, 5) is 48.2. The molecule has 0 unspecified atom stereocenters. The van der Waals surface area contributed by atoms with Crippen molar-refractivity contribution < 1.29 is 28.8 Å². The van der Waals surface area contributed by atoms with Gasteiger partial charge in [-0.05, 0) is 92.0 Å². The molecule has 0 aliphatic carbocycles. The average molecular weight is 945 g/mol. The fourth-order valence-corrected chi connectivity index (χ4v) is 9.74. The number of ether oxygens (including phenoxy) is 1. The van der Waals surface area contributed by atoms with Crippen LogP contribution in [0.25, 0.3) is 21.7 Å². The fourth-order valence-electron chi connectivity index (χ4n) is 8.70. The summed E-state index contributed by atoms with van der Waals surface area (Å²) >= 11 is 7.80. The highest BCUT2D eigenvalue weighted by Gasteiger charge is 2.44. The Hall–Kier alpha value is -6.14. The number of hydrogen-bond acceptors (Lipinski definition) is 11. The van der Waals surface area contributed by atoms with Gasteiger partial charge in [-0.15, -0.1) is 11.3 Å². The number of Topliss-reactive ketones (excluding diaryl/α,β-unsaturated/α-hetero) is 1. The van der Waals surface area contributed by atoms with E-state index in [0.717, 1.165) is 70.6 Å². The Morgan fingerprint density at radius 3 is 2.45 bits per heavy atom. The maximum Gasteiger partial charge on any atom is 0.251 e. The number of aromatic nitrogens is 4. The first-order valence-corrected chi connectivity index (χ1v) is 24.3. The molecule has 3 aromatic heterocycles. The molecule has 0 radical (unpaired) electrons. The SMILES string of the molecule is Cc1ncsc1-c1ccc([C@H](C)CC(=O)[C@@H]2C[C@@H](O)CN2C(=O)[C@@H](c2oncc2OCCCCCCc2ccc(C(=O)N[C@@H](C)Cn3ccc(-c4ccc(C#N)c(Cl)c4)n3)cc2)C(C)C)cc1. The number of nitriles is 1. The second-order valence-electron chi connectivity index (χ2n) is 17.9. The zero-order valence-corrected chi connectivity index (χ0v) is 40.2. The number of benzene rings is 3. The van der Waals surface area contributed by atoms with Crippen LogP contribution in [-0.4, -0.2) is 78.9 Å². The maximum absolute atomic E-state index is 14.3. The van der Waals surface area contributed by atoms with Crippen molar-refractivity contribution in [1.82, 2.24) is 30.1 Å². The summed E-state index contributed by atoms with van der Waals surface area (Å²) in [7, 11) is 0. The van der Waals surface area contributed by atoms with Gasteiger partial charge < -0.3 is 24.6 Å². The van der Waals surface area contributed by atoms with E-state index in [1.165, 1.54) is 11.1 Å². The molecule has 7 rings (SSSR count). The molecule has 2 amide bonds. The molecule has 67 heavy (non-hydrogen) atoms. The first-order chi connectivity index (χ1) is 32.3. The normalized spacial score (nSPS) is 16.1. The molecule has 1 fully saturated rings. The van der Waals surface area contributed by atoms with Crippen LogP contribution in [-0.2, 0) is 22.6 Å². The third kappa shape index (κ3) is 12.3. The number of carbonyl (C=O) groups excluding carboxylic acids is 3. The number of thiazole rings is 1. The topological polar surface area (TPSA) is 176 Å². The van der Waals surface area contributed by atoms with E-state index in [0.29, 0.717) is 40.8 Å². The lowest BCUT2D eigenvalue weighted by molar-refractivity contribution is -0.140. The molecule has 350 valence electrons. The molecule has 2 N–H and O–H groups in total. The number of ketones is 1. The van der Waals surface area contributed by atoms with Crippen LogP contribution < -0.4 is 10.1 Å². The molecule has 0 bridgehead atoms. The van der Waals surface area contributed by atoms with Gasteiger partial charge in [-0.2, -0.15) is 10.4 Å². The standard InChI is InChI=1S/C52H58ClN7O6S/c1-32(2)48(52(64)60-30-42(61)26-45(60)46(62)24-33(3)37-15-17-38(18-16-37)50-35(5)55-31-67-50)49-47(28-56-66-49)65-23-9-7-6-8-10-36-11-13-39(14-12-36)51(63)57-34(4)29-59-22-21-44(58-59)40-19-20-41(27-54)43(53)25-40/h11-22,25,28,31-34,42,45,48,61H,6-10,23-24,26,29-30H2,1-5H3,(H,57,63)/t33-,34+,42-,45+,48-/m1/s1. The van der Waals surface area contributed by atoms with Crippen molar-refractivity contribution in [3.63, 3.8) is 0 Å². The van der Waals surface area contributed by atoms with Crippen LogP contribution in [0, 0.1) is 24.2 Å². The quantitative estimate of drug-likeness (QED) is 0.0661. The van der Waals surface area contributed by atoms with Gasteiger partial charge >= 0.3 is 0 Å². The predicted molar refractivity (Wildman–Crippen MR) is 259 cm³/mol. The summed E-state index contributed by atoms with van der Waals surface area (Å²) in [5, 5.41) is 31.9. The Kier molecular flexibility index (Phi) is 16.4. The largest absolute Gasteiger partial charge is 0.488 e. The van der Waals surface area contributed by atoms with Crippen LogP contribution in [0.1, 0.15) is 117 Å². The molecule has 15 heteroatoms. The summed E-state index contributed by atoms with van der Waals surface area (Å²) in [5.74, 6) is -0.751. The molecular formula is C52H58ClN7O6S. The second-order valence-corrected chi connectivity index (χ2v) is 19.2. The van der Waals surface area contributed by atoms with E-state index < -0.39 is 18.1 Å². The van der Waals surface area contributed by atoms with Gasteiger partial charge in [0.15, 0.2) is 17.3 Å². The highest BCUT2D eigenvalue weighted by atomic mass is 35.5. The van der Waals surface area contributed by atoms with E-state index in [2.05, 4.69) is 38.8 Å². The van der Waals surface area contributed by atoms with Crippen molar-refractivity contribution in [2.75, 3.05) is 13.2 Å². The number of amides is 2. The van der Waals surface area contributed by atoms with Gasteiger partial charge in [-0.25, -0.2) is 4.98 Å².